The molecule has 29 heavy (non-hydrogen) atoms. The van der Waals surface area contributed by atoms with Crippen LogP contribution in [0, 0.1) is 5.41 Å². The standard InChI is InChI=1S/C20H40O9/c1-20(2,3)12-15(22)14-27-8-7-25-5-6-26-9-10-28-18-11-16(24-4)19(23)17(13-21)29-18/h15-19,21-23H,5-14H2,1-4H3/t15-,16?,17?,18?,19?/m0/s1. The van der Waals surface area contributed by atoms with E-state index in [1.807, 2.05) is 0 Å². The van der Waals surface area contributed by atoms with Crippen LogP contribution in [0.1, 0.15) is 33.6 Å². The van der Waals surface area contributed by atoms with Gasteiger partial charge in [-0.1, -0.05) is 20.8 Å². The molecule has 3 N–H and O–H groups in total. The van der Waals surface area contributed by atoms with Crippen molar-refractivity contribution < 1.29 is 43.7 Å². The highest BCUT2D eigenvalue weighted by Gasteiger charge is 2.37. The van der Waals surface area contributed by atoms with Gasteiger partial charge in [-0.15, -0.1) is 0 Å². The highest BCUT2D eigenvalue weighted by Crippen LogP contribution is 2.23. The summed E-state index contributed by atoms with van der Waals surface area (Å²) in [4.78, 5) is 0. The Labute approximate surface area is 174 Å². The fraction of sp³-hybridized carbons (Fsp3) is 1.00. The van der Waals surface area contributed by atoms with Crippen LogP contribution in [0.3, 0.4) is 0 Å². The summed E-state index contributed by atoms with van der Waals surface area (Å²) in [5, 5.41) is 29.0. The minimum atomic E-state index is -0.871. The van der Waals surface area contributed by atoms with E-state index in [0.29, 0.717) is 59.1 Å². The van der Waals surface area contributed by atoms with E-state index in [0.717, 1.165) is 0 Å². The zero-order chi connectivity index (χ0) is 21.7. The summed E-state index contributed by atoms with van der Waals surface area (Å²) in [5.41, 5.74) is 0.0801. The minimum Gasteiger partial charge on any atom is -0.394 e. The first-order valence-corrected chi connectivity index (χ1v) is 10.3. The summed E-state index contributed by atoms with van der Waals surface area (Å²) in [7, 11) is 1.51. The number of ether oxygens (including phenoxy) is 6. The monoisotopic (exact) mass is 424 g/mol. The normalized spacial score (nSPS) is 26.6. The lowest BCUT2D eigenvalue weighted by Crippen LogP contribution is -2.51. The first-order valence-electron chi connectivity index (χ1n) is 10.3. The summed E-state index contributed by atoms with van der Waals surface area (Å²) in [6, 6.07) is 0. The molecule has 1 aliphatic heterocycles. The van der Waals surface area contributed by atoms with Crippen molar-refractivity contribution in [3.05, 3.63) is 0 Å². The number of aliphatic hydroxyl groups excluding tert-OH is 3. The molecule has 1 fully saturated rings. The molecule has 0 amide bonds. The molecule has 0 aliphatic carbocycles. The van der Waals surface area contributed by atoms with E-state index in [9.17, 15) is 15.3 Å². The Kier molecular flexibility index (Phi) is 13.4. The van der Waals surface area contributed by atoms with Crippen LogP contribution in [-0.4, -0.2) is 106 Å². The predicted molar refractivity (Wildman–Crippen MR) is 106 cm³/mol. The Morgan fingerprint density at radius 3 is 2.14 bits per heavy atom. The number of rotatable bonds is 15. The molecule has 1 heterocycles. The third-order valence-electron chi connectivity index (χ3n) is 4.43. The van der Waals surface area contributed by atoms with Gasteiger partial charge in [-0.2, -0.15) is 0 Å². The molecule has 0 aromatic carbocycles. The highest BCUT2D eigenvalue weighted by molar-refractivity contribution is 4.83. The van der Waals surface area contributed by atoms with Gasteiger partial charge >= 0.3 is 0 Å². The van der Waals surface area contributed by atoms with Crippen LogP contribution in [0.4, 0.5) is 0 Å². The number of hydrogen-bond acceptors (Lipinski definition) is 9. The van der Waals surface area contributed by atoms with Crippen molar-refractivity contribution in [2.24, 2.45) is 5.41 Å². The molecule has 0 spiro atoms. The molecular weight excluding hydrogens is 384 g/mol. The van der Waals surface area contributed by atoms with Crippen LogP contribution in [-0.2, 0) is 28.4 Å². The van der Waals surface area contributed by atoms with Crippen molar-refractivity contribution in [3.63, 3.8) is 0 Å². The fourth-order valence-electron chi connectivity index (χ4n) is 3.06. The molecule has 0 bridgehead atoms. The van der Waals surface area contributed by atoms with Crippen molar-refractivity contribution in [1.29, 1.82) is 0 Å². The van der Waals surface area contributed by atoms with Crippen LogP contribution in [0.2, 0.25) is 0 Å². The lowest BCUT2D eigenvalue weighted by atomic mass is 9.89. The second kappa shape index (κ2) is 14.6. The van der Waals surface area contributed by atoms with E-state index in [1.54, 1.807) is 0 Å². The molecule has 0 radical (unpaired) electrons. The smallest absolute Gasteiger partial charge is 0.160 e. The molecule has 1 rings (SSSR count). The number of methoxy groups -OCH3 is 1. The predicted octanol–water partition coefficient (Wildman–Crippen LogP) is 0.333. The average Bonchev–Trinajstić information content (AvgIpc) is 2.65. The number of aliphatic hydroxyl groups is 3. The zero-order valence-electron chi connectivity index (χ0n) is 18.2. The van der Waals surface area contributed by atoms with Gasteiger partial charge in [0.25, 0.3) is 0 Å². The van der Waals surface area contributed by atoms with Gasteiger partial charge in [0.1, 0.15) is 12.2 Å². The van der Waals surface area contributed by atoms with E-state index in [1.165, 1.54) is 7.11 Å². The topological polar surface area (TPSA) is 116 Å². The highest BCUT2D eigenvalue weighted by atomic mass is 16.7. The molecule has 1 aliphatic rings. The van der Waals surface area contributed by atoms with E-state index >= 15 is 0 Å². The lowest BCUT2D eigenvalue weighted by molar-refractivity contribution is -0.262. The zero-order valence-corrected chi connectivity index (χ0v) is 18.2. The third-order valence-corrected chi connectivity index (χ3v) is 4.43. The summed E-state index contributed by atoms with van der Waals surface area (Å²) in [6.45, 7) is 8.72. The summed E-state index contributed by atoms with van der Waals surface area (Å²) in [6.07, 6.45) is -1.94. The van der Waals surface area contributed by atoms with Crippen LogP contribution < -0.4 is 0 Å². The van der Waals surface area contributed by atoms with Crippen molar-refractivity contribution in [3.8, 4) is 0 Å². The molecule has 9 nitrogen and oxygen atoms in total. The Bertz CT molecular complexity index is 388. The van der Waals surface area contributed by atoms with Crippen molar-refractivity contribution in [2.45, 2.75) is 64.3 Å². The maximum absolute atomic E-state index is 9.94. The molecule has 0 saturated carbocycles. The lowest BCUT2D eigenvalue weighted by Gasteiger charge is -2.37. The van der Waals surface area contributed by atoms with Crippen LogP contribution in [0.15, 0.2) is 0 Å². The van der Waals surface area contributed by atoms with Gasteiger partial charge in [0.15, 0.2) is 6.29 Å². The molecule has 0 aromatic rings. The van der Waals surface area contributed by atoms with Crippen LogP contribution in [0.5, 0.6) is 0 Å². The Morgan fingerprint density at radius 1 is 1.00 bits per heavy atom. The third kappa shape index (κ3) is 12.2. The van der Waals surface area contributed by atoms with Gasteiger partial charge in [0.2, 0.25) is 0 Å². The maximum atomic E-state index is 9.94. The minimum absolute atomic E-state index is 0.0801. The fourth-order valence-corrected chi connectivity index (χ4v) is 3.06. The Hall–Kier alpha value is -0.360. The first-order chi connectivity index (χ1) is 13.8. The van der Waals surface area contributed by atoms with Gasteiger partial charge in [-0.25, -0.2) is 0 Å². The SMILES string of the molecule is COC1CC(OCCOCCOCCOC[C@@H](O)CC(C)(C)C)OC(CO)C1O. The van der Waals surface area contributed by atoms with Crippen LogP contribution >= 0.6 is 0 Å². The van der Waals surface area contributed by atoms with Gasteiger partial charge in [0, 0.05) is 13.5 Å². The summed E-state index contributed by atoms with van der Waals surface area (Å²) < 4.78 is 32.5. The second-order valence-electron chi connectivity index (χ2n) is 8.38. The van der Waals surface area contributed by atoms with Gasteiger partial charge in [0.05, 0.1) is 65.1 Å². The average molecular weight is 425 g/mol. The van der Waals surface area contributed by atoms with E-state index in [2.05, 4.69) is 20.8 Å². The first kappa shape index (κ1) is 26.7. The van der Waals surface area contributed by atoms with Gasteiger partial charge < -0.3 is 43.7 Å². The molecule has 9 heteroatoms. The van der Waals surface area contributed by atoms with Gasteiger partial charge in [-0.3, -0.25) is 0 Å². The largest absolute Gasteiger partial charge is 0.394 e. The van der Waals surface area contributed by atoms with Gasteiger partial charge in [-0.05, 0) is 11.8 Å². The molecule has 5 atom stereocenters. The Balaban J connectivity index is 1.95. The number of hydrogen-bond donors (Lipinski definition) is 3. The quantitative estimate of drug-likeness (QED) is 0.320. The molecule has 174 valence electrons. The van der Waals surface area contributed by atoms with E-state index < -0.39 is 30.7 Å². The van der Waals surface area contributed by atoms with E-state index in [4.69, 9.17) is 28.4 Å². The van der Waals surface area contributed by atoms with Crippen molar-refractivity contribution in [1.82, 2.24) is 0 Å². The maximum Gasteiger partial charge on any atom is 0.160 e. The second-order valence-corrected chi connectivity index (χ2v) is 8.38. The summed E-state index contributed by atoms with van der Waals surface area (Å²) >= 11 is 0. The van der Waals surface area contributed by atoms with Crippen LogP contribution in [0.25, 0.3) is 0 Å². The molecule has 1 saturated heterocycles. The molecule has 0 aromatic heterocycles. The summed E-state index contributed by atoms with van der Waals surface area (Å²) in [5.74, 6) is 0. The van der Waals surface area contributed by atoms with Crippen molar-refractivity contribution in [2.75, 3.05) is 60.0 Å². The Morgan fingerprint density at radius 2 is 1.59 bits per heavy atom. The van der Waals surface area contributed by atoms with Crippen molar-refractivity contribution >= 4 is 0 Å². The molecule has 4 unspecified atom stereocenters. The molecular formula is C20H40O9. The van der Waals surface area contributed by atoms with E-state index in [-0.39, 0.29) is 12.0 Å².